The first kappa shape index (κ1) is 14.1. The molecule has 1 saturated carbocycles. The molecule has 1 aliphatic rings. The third kappa shape index (κ3) is 3.16. The normalized spacial score (nSPS) is 16.1. The van der Waals surface area contributed by atoms with E-state index in [1.165, 1.54) is 24.4 Å². The van der Waals surface area contributed by atoms with Crippen LogP contribution in [-0.2, 0) is 4.74 Å². The summed E-state index contributed by atoms with van der Waals surface area (Å²) in [6.45, 7) is 1.61. The molecular weight excluding hydrogens is 264 g/mol. The molecule has 0 bridgehead atoms. The van der Waals surface area contributed by atoms with Gasteiger partial charge in [-0.05, 0) is 36.2 Å². The SMILES string of the molecule is CNC(=O)c1c(N)nsc1NCC1(CCOC)CC1. The lowest BCUT2D eigenvalue weighted by Gasteiger charge is -2.15. The zero-order chi connectivity index (χ0) is 13.9. The maximum atomic E-state index is 11.7. The lowest BCUT2D eigenvalue weighted by atomic mass is 10.0. The smallest absolute Gasteiger partial charge is 0.257 e. The van der Waals surface area contributed by atoms with E-state index in [0.29, 0.717) is 11.0 Å². The highest BCUT2D eigenvalue weighted by Crippen LogP contribution is 2.49. The van der Waals surface area contributed by atoms with E-state index in [0.717, 1.165) is 24.6 Å². The van der Waals surface area contributed by atoms with Crippen molar-refractivity contribution in [2.75, 3.05) is 38.4 Å². The molecule has 1 aromatic rings. The van der Waals surface area contributed by atoms with E-state index in [1.54, 1.807) is 14.2 Å². The first-order chi connectivity index (χ1) is 9.12. The van der Waals surface area contributed by atoms with Crippen molar-refractivity contribution in [2.45, 2.75) is 19.3 Å². The number of aromatic nitrogens is 1. The van der Waals surface area contributed by atoms with Crippen LogP contribution < -0.4 is 16.4 Å². The van der Waals surface area contributed by atoms with Gasteiger partial charge in [0.1, 0.15) is 10.6 Å². The summed E-state index contributed by atoms with van der Waals surface area (Å²) in [5, 5.41) is 6.65. The molecule has 0 saturated heterocycles. The van der Waals surface area contributed by atoms with Crippen LogP contribution >= 0.6 is 11.5 Å². The van der Waals surface area contributed by atoms with Gasteiger partial charge in [0.2, 0.25) is 0 Å². The van der Waals surface area contributed by atoms with E-state index >= 15 is 0 Å². The molecule has 0 aromatic carbocycles. The molecule has 1 fully saturated rings. The predicted molar refractivity (Wildman–Crippen MR) is 76.6 cm³/mol. The third-order valence-electron chi connectivity index (χ3n) is 3.59. The molecule has 1 amide bonds. The summed E-state index contributed by atoms with van der Waals surface area (Å²) >= 11 is 1.23. The Hall–Kier alpha value is -1.34. The van der Waals surface area contributed by atoms with Gasteiger partial charge in [-0.1, -0.05) is 0 Å². The Morgan fingerprint density at radius 1 is 1.58 bits per heavy atom. The summed E-state index contributed by atoms with van der Waals surface area (Å²) in [5.74, 6) is 0.0871. The maximum Gasteiger partial charge on any atom is 0.257 e. The van der Waals surface area contributed by atoms with Crippen molar-refractivity contribution >= 4 is 28.3 Å². The molecule has 0 radical (unpaired) electrons. The summed E-state index contributed by atoms with van der Waals surface area (Å²) < 4.78 is 9.17. The molecule has 1 aromatic heterocycles. The second kappa shape index (κ2) is 5.75. The number of carbonyl (C=O) groups excluding carboxylic acids is 1. The fraction of sp³-hybridized carbons (Fsp3) is 0.667. The topological polar surface area (TPSA) is 89.3 Å². The minimum Gasteiger partial charge on any atom is -0.385 e. The van der Waals surface area contributed by atoms with Crippen molar-refractivity contribution < 1.29 is 9.53 Å². The molecule has 106 valence electrons. The fourth-order valence-corrected chi connectivity index (χ4v) is 2.75. The minimum atomic E-state index is -0.199. The number of rotatable bonds is 7. The van der Waals surface area contributed by atoms with Gasteiger partial charge in [-0.15, -0.1) is 0 Å². The Morgan fingerprint density at radius 2 is 2.32 bits per heavy atom. The third-order valence-corrected chi connectivity index (χ3v) is 4.41. The van der Waals surface area contributed by atoms with Crippen LogP contribution in [0.3, 0.4) is 0 Å². The van der Waals surface area contributed by atoms with Crippen LogP contribution in [0.15, 0.2) is 0 Å². The van der Waals surface area contributed by atoms with Gasteiger partial charge in [0, 0.05) is 27.3 Å². The molecule has 4 N–H and O–H groups in total. The number of nitrogen functional groups attached to an aromatic ring is 1. The summed E-state index contributed by atoms with van der Waals surface area (Å²) in [7, 11) is 3.31. The zero-order valence-electron chi connectivity index (χ0n) is 11.3. The number of nitrogens with zero attached hydrogens (tertiary/aromatic N) is 1. The minimum absolute atomic E-state index is 0.199. The molecule has 0 atom stereocenters. The van der Waals surface area contributed by atoms with E-state index in [-0.39, 0.29) is 11.7 Å². The molecule has 1 aliphatic carbocycles. The molecule has 2 rings (SSSR count). The number of amides is 1. The zero-order valence-corrected chi connectivity index (χ0v) is 12.1. The fourth-order valence-electron chi connectivity index (χ4n) is 2.05. The highest BCUT2D eigenvalue weighted by molar-refractivity contribution is 7.11. The molecular formula is C12H20N4O2S. The van der Waals surface area contributed by atoms with Crippen LogP contribution in [0.2, 0.25) is 0 Å². The Kier molecular flexibility index (Phi) is 4.26. The molecule has 1 heterocycles. The number of ether oxygens (including phenoxy) is 1. The van der Waals surface area contributed by atoms with Crippen molar-refractivity contribution in [3.05, 3.63) is 5.56 Å². The van der Waals surface area contributed by atoms with E-state index in [2.05, 4.69) is 15.0 Å². The van der Waals surface area contributed by atoms with E-state index in [4.69, 9.17) is 10.5 Å². The molecule has 19 heavy (non-hydrogen) atoms. The van der Waals surface area contributed by atoms with E-state index < -0.39 is 0 Å². The van der Waals surface area contributed by atoms with E-state index in [1.807, 2.05) is 0 Å². The number of hydrogen-bond acceptors (Lipinski definition) is 6. The molecule has 7 heteroatoms. The molecule has 0 unspecified atom stereocenters. The molecule has 0 aliphatic heterocycles. The standard InChI is InChI=1S/C12H20N4O2S/c1-14-10(17)8-9(13)16-19-11(8)15-7-12(3-4-12)5-6-18-2/h15H,3-7H2,1-2H3,(H2,13,16)(H,14,17). The maximum absolute atomic E-state index is 11.7. The molecule has 0 spiro atoms. The number of hydrogen-bond donors (Lipinski definition) is 3. The monoisotopic (exact) mass is 284 g/mol. The van der Waals surface area contributed by atoms with Crippen LogP contribution in [0.1, 0.15) is 29.6 Å². The summed E-state index contributed by atoms with van der Waals surface area (Å²) in [4.78, 5) is 11.7. The van der Waals surface area contributed by atoms with Gasteiger partial charge < -0.3 is 21.1 Å². The van der Waals surface area contributed by atoms with Crippen molar-refractivity contribution in [1.82, 2.24) is 9.69 Å². The Labute approximate surface area is 116 Å². The largest absolute Gasteiger partial charge is 0.385 e. The number of carbonyl (C=O) groups is 1. The quantitative estimate of drug-likeness (QED) is 0.702. The van der Waals surface area contributed by atoms with Gasteiger partial charge in [0.05, 0.1) is 0 Å². The average Bonchev–Trinajstić information content (AvgIpc) is 3.10. The highest BCUT2D eigenvalue weighted by Gasteiger charge is 2.42. The summed E-state index contributed by atoms with van der Waals surface area (Å²) in [6, 6.07) is 0. The molecule has 6 nitrogen and oxygen atoms in total. The lowest BCUT2D eigenvalue weighted by Crippen LogP contribution is -2.22. The Bertz CT molecular complexity index is 457. The van der Waals surface area contributed by atoms with Crippen molar-refractivity contribution in [3.8, 4) is 0 Å². The number of nitrogens with one attached hydrogen (secondary N) is 2. The van der Waals surface area contributed by atoms with Crippen molar-refractivity contribution in [3.63, 3.8) is 0 Å². The van der Waals surface area contributed by atoms with Crippen LogP contribution in [0.5, 0.6) is 0 Å². The first-order valence-corrected chi connectivity index (χ1v) is 7.09. The van der Waals surface area contributed by atoms with Crippen LogP contribution in [0.4, 0.5) is 10.8 Å². The predicted octanol–water partition coefficient (Wildman–Crippen LogP) is 1.31. The lowest BCUT2D eigenvalue weighted by molar-refractivity contribution is 0.0965. The van der Waals surface area contributed by atoms with E-state index in [9.17, 15) is 4.79 Å². The Morgan fingerprint density at radius 3 is 2.89 bits per heavy atom. The summed E-state index contributed by atoms with van der Waals surface area (Å²) in [5.41, 5.74) is 6.50. The van der Waals surface area contributed by atoms with Gasteiger partial charge in [0.25, 0.3) is 5.91 Å². The van der Waals surface area contributed by atoms with Gasteiger partial charge in [-0.3, -0.25) is 4.79 Å². The average molecular weight is 284 g/mol. The van der Waals surface area contributed by atoms with Gasteiger partial charge in [0.15, 0.2) is 5.82 Å². The number of anilines is 2. The van der Waals surface area contributed by atoms with Crippen molar-refractivity contribution in [2.24, 2.45) is 5.41 Å². The Balaban J connectivity index is 1.98. The summed E-state index contributed by atoms with van der Waals surface area (Å²) in [6.07, 6.45) is 3.44. The first-order valence-electron chi connectivity index (χ1n) is 6.32. The van der Waals surface area contributed by atoms with Crippen LogP contribution in [0.25, 0.3) is 0 Å². The highest BCUT2D eigenvalue weighted by atomic mass is 32.1. The van der Waals surface area contributed by atoms with Gasteiger partial charge in [-0.2, -0.15) is 4.37 Å². The van der Waals surface area contributed by atoms with Crippen LogP contribution in [0, 0.1) is 5.41 Å². The van der Waals surface area contributed by atoms with Crippen LogP contribution in [-0.4, -0.2) is 37.6 Å². The second-order valence-corrected chi connectivity index (χ2v) is 5.72. The van der Waals surface area contributed by atoms with Gasteiger partial charge in [-0.25, -0.2) is 0 Å². The van der Waals surface area contributed by atoms with Crippen molar-refractivity contribution in [1.29, 1.82) is 0 Å². The number of methoxy groups -OCH3 is 1. The number of nitrogens with two attached hydrogens (primary N) is 1. The van der Waals surface area contributed by atoms with Gasteiger partial charge >= 0.3 is 0 Å². The second-order valence-electron chi connectivity index (χ2n) is 4.95.